The van der Waals surface area contributed by atoms with E-state index < -0.39 is 11.1 Å². The van der Waals surface area contributed by atoms with Gasteiger partial charge in [0.15, 0.2) is 0 Å². The Morgan fingerprint density at radius 3 is 1.69 bits per heavy atom. The first kappa shape index (κ1) is 19.3. The molecule has 0 aromatic heterocycles. The first-order chi connectivity index (χ1) is 15.7. The zero-order valence-electron chi connectivity index (χ0n) is 17.9. The standard InChI is InChI=1S/C29H26N2O/c32-28-20-21-31(27(28)30-26-19-11-10-18-25(26)28)29(22-12-4-1-5-13-22,23-14-6-2-7-15-23)24-16-8-3-9-17-24/h1-19,27,30,32H,20-21H2. The minimum absolute atomic E-state index is 0.236. The van der Waals surface area contributed by atoms with E-state index in [0.29, 0.717) is 6.42 Å². The van der Waals surface area contributed by atoms with Gasteiger partial charge in [0.25, 0.3) is 0 Å². The first-order valence-electron chi connectivity index (χ1n) is 11.3. The Morgan fingerprint density at radius 1 is 0.688 bits per heavy atom. The lowest BCUT2D eigenvalue weighted by Gasteiger charge is -2.47. The summed E-state index contributed by atoms with van der Waals surface area (Å²) < 4.78 is 0. The van der Waals surface area contributed by atoms with Gasteiger partial charge in [-0.25, -0.2) is 0 Å². The summed E-state index contributed by atoms with van der Waals surface area (Å²) in [5, 5.41) is 15.6. The fraction of sp³-hybridized carbons (Fsp3) is 0.172. The molecule has 2 aliphatic heterocycles. The predicted octanol–water partition coefficient (Wildman–Crippen LogP) is 5.32. The molecule has 1 saturated heterocycles. The molecule has 4 aromatic rings. The van der Waals surface area contributed by atoms with E-state index in [0.717, 1.165) is 17.8 Å². The summed E-state index contributed by atoms with van der Waals surface area (Å²) in [6, 6.07) is 40.2. The van der Waals surface area contributed by atoms with Gasteiger partial charge in [0.05, 0.1) is 5.54 Å². The Morgan fingerprint density at radius 2 is 1.16 bits per heavy atom. The number of para-hydroxylation sites is 1. The van der Waals surface area contributed by atoms with Gasteiger partial charge in [0.1, 0.15) is 11.8 Å². The summed E-state index contributed by atoms with van der Waals surface area (Å²) in [5.41, 5.74) is 4.12. The molecule has 3 nitrogen and oxygen atoms in total. The SMILES string of the molecule is OC12CCN(C(c3ccccc3)(c3ccccc3)c3ccccc3)C1Nc1ccccc12. The van der Waals surface area contributed by atoms with Crippen molar-refractivity contribution in [3.63, 3.8) is 0 Å². The monoisotopic (exact) mass is 418 g/mol. The van der Waals surface area contributed by atoms with Crippen molar-refractivity contribution in [1.29, 1.82) is 0 Å². The van der Waals surface area contributed by atoms with Crippen LogP contribution in [0, 0.1) is 0 Å². The van der Waals surface area contributed by atoms with Crippen LogP contribution in [0.25, 0.3) is 0 Å². The number of hydrogen-bond donors (Lipinski definition) is 2. The summed E-state index contributed by atoms with van der Waals surface area (Å²) in [6.07, 6.45) is 0.441. The van der Waals surface area contributed by atoms with Gasteiger partial charge in [-0.15, -0.1) is 0 Å². The summed E-state index contributed by atoms with van der Waals surface area (Å²) in [4.78, 5) is 2.47. The van der Waals surface area contributed by atoms with Gasteiger partial charge in [-0.3, -0.25) is 4.90 Å². The number of fused-ring (bicyclic) bond motifs is 3. The molecule has 4 aromatic carbocycles. The molecular weight excluding hydrogens is 392 g/mol. The second-order valence-corrected chi connectivity index (χ2v) is 8.77. The minimum atomic E-state index is -0.930. The van der Waals surface area contributed by atoms with E-state index in [4.69, 9.17) is 0 Å². The molecule has 32 heavy (non-hydrogen) atoms. The molecule has 6 rings (SSSR count). The Kier molecular flexibility index (Phi) is 4.42. The van der Waals surface area contributed by atoms with Crippen LogP contribution in [0.15, 0.2) is 115 Å². The van der Waals surface area contributed by atoms with Crippen molar-refractivity contribution in [2.24, 2.45) is 0 Å². The highest BCUT2D eigenvalue weighted by molar-refractivity contribution is 5.62. The van der Waals surface area contributed by atoms with Crippen LogP contribution in [-0.2, 0) is 11.1 Å². The number of likely N-dealkylation sites (tertiary alicyclic amines) is 1. The van der Waals surface area contributed by atoms with Crippen molar-refractivity contribution in [2.75, 3.05) is 11.9 Å². The van der Waals surface area contributed by atoms with E-state index in [1.165, 1.54) is 16.7 Å². The van der Waals surface area contributed by atoms with Gasteiger partial charge in [-0.2, -0.15) is 0 Å². The molecule has 0 bridgehead atoms. The van der Waals surface area contributed by atoms with Gasteiger partial charge < -0.3 is 10.4 Å². The van der Waals surface area contributed by atoms with Crippen molar-refractivity contribution in [3.05, 3.63) is 138 Å². The second-order valence-electron chi connectivity index (χ2n) is 8.77. The number of rotatable bonds is 4. The van der Waals surface area contributed by atoms with E-state index in [-0.39, 0.29) is 6.17 Å². The number of nitrogens with zero attached hydrogens (tertiary/aromatic N) is 1. The molecule has 0 amide bonds. The van der Waals surface area contributed by atoms with Crippen LogP contribution < -0.4 is 5.32 Å². The molecule has 2 unspecified atom stereocenters. The zero-order chi connectivity index (χ0) is 21.6. The molecule has 0 aliphatic carbocycles. The van der Waals surface area contributed by atoms with Crippen molar-refractivity contribution < 1.29 is 5.11 Å². The third-order valence-electron chi connectivity index (χ3n) is 7.19. The fourth-order valence-corrected chi connectivity index (χ4v) is 5.82. The second kappa shape index (κ2) is 7.33. The maximum atomic E-state index is 12.0. The summed E-state index contributed by atoms with van der Waals surface area (Å²) in [5.74, 6) is 0. The van der Waals surface area contributed by atoms with Gasteiger partial charge in [0.2, 0.25) is 0 Å². The molecule has 2 atom stereocenters. The highest BCUT2D eigenvalue weighted by Crippen LogP contribution is 2.54. The number of benzene rings is 4. The average Bonchev–Trinajstić information content (AvgIpc) is 3.34. The Hall–Kier alpha value is -3.40. The molecular formula is C29H26N2O. The van der Waals surface area contributed by atoms with Crippen molar-refractivity contribution in [2.45, 2.75) is 23.7 Å². The van der Waals surface area contributed by atoms with Gasteiger partial charge in [0, 0.05) is 17.8 Å². The quantitative estimate of drug-likeness (QED) is 0.440. The first-order valence-corrected chi connectivity index (χ1v) is 11.3. The van der Waals surface area contributed by atoms with Crippen molar-refractivity contribution in [3.8, 4) is 0 Å². The predicted molar refractivity (Wildman–Crippen MR) is 128 cm³/mol. The normalized spacial score (nSPS) is 22.2. The van der Waals surface area contributed by atoms with E-state index >= 15 is 0 Å². The Labute approximate surface area is 189 Å². The van der Waals surface area contributed by atoms with Crippen LogP contribution in [0.4, 0.5) is 5.69 Å². The average molecular weight is 419 g/mol. The molecule has 0 radical (unpaired) electrons. The number of aliphatic hydroxyl groups is 1. The minimum Gasteiger partial charge on any atom is -0.381 e. The Bertz CT molecular complexity index is 1130. The molecule has 1 fully saturated rings. The smallest absolute Gasteiger partial charge is 0.126 e. The van der Waals surface area contributed by atoms with Gasteiger partial charge in [-0.1, -0.05) is 109 Å². The van der Waals surface area contributed by atoms with Crippen LogP contribution in [0.5, 0.6) is 0 Å². The van der Waals surface area contributed by atoms with Crippen molar-refractivity contribution >= 4 is 5.69 Å². The zero-order valence-corrected chi connectivity index (χ0v) is 17.9. The van der Waals surface area contributed by atoms with E-state index in [1.807, 2.05) is 12.1 Å². The summed E-state index contributed by atoms with van der Waals surface area (Å²) in [6.45, 7) is 0.765. The van der Waals surface area contributed by atoms with Crippen LogP contribution >= 0.6 is 0 Å². The topological polar surface area (TPSA) is 35.5 Å². The number of nitrogens with one attached hydrogen (secondary N) is 1. The lowest BCUT2D eigenvalue weighted by atomic mass is 9.75. The third kappa shape index (κ3) is 2.62. The Balaban J connectivity index is 1.63. The highest BCUT2D eigenvalue weighted by Gasteiger charge is 2.59. The molecule has 158 valence electrons. The molecule has 0 saturated carbocycles. The van der Waals surface area contributed by atoms with Crippen LogP contribution in [0.3, 0.4) is 0 Å². The molecule has 2 N–H and O–H groups in total. The third-order valence-corrected chi connectivity index (χ3v) is 7.19. The molecule has 3 heteroatoms. The van der Waals surface area contributed by atoms with Crippen LogP contribution in [0.2, 0.25) is 0 Å². The summed E-state index contributed by atoms with van der Waals surface area (Å²) in [7, 11) is 0. The number of anilines is 1. The molecule has 0 spiro atoms. The largest absolute Gasteiger partial charge is 0.381 e. The van der Waals surface area contributed by atoms with E-state index in [1.54, 1.807) is 0 Å². The van der Waals surface area contributed by atoms with Crippen molar-refractivity contribution in [1.82, 2.24) is 4.90 Å². The maximum Gasteiger partial charge on any atom is 0.126 e. The van der Waals surface area contributed by atoms with Crippen LogP contribution in [0.1, 0.15) is 28.7 Å². The van der Waals surface area contributed by atoms with E-state index in [9.17, 15) is 5.11 Å². The van der Waals surface area contributed by atoms with E-state index in [2.05, 4.69) is 113 Å². The lowest BCUT2D eigenvalue weighted by molar-refractivity contribution is 0.00372. The van der Waals surface area contributed by atoms with Gasteiger partial charge in [-0.05, 0) is 29.2 Å². The lowest BCUT2D eigenvalue weighted by Crippen LogP contribution is -2.55. The highest BCUT2D eigenvalue weighted by atomic mass is 16.3. The molecule has 2 heterocycles. The summed E-state index contributed by atoms with van der Waals surface area (Å²) >= 11 is 0. The fourth-order valence-electron chi connectivity index (χ4n) is 5.82. The molecule has 2 aliphatic rings. The van der Waals surface area contributed by atoms with Crippen LogP contribution in [-0.4, -0.2) is 22.7 Å². The number of hydrogen-bond acceptors (Lipinski definition) is 3. The maximum absolute atomic E-state index is 12.0. The van der Waals surface area contributed by atoms with Gasteiger partial charge >= 0.3 is 0 Å².